The Morgan fingerprint density at radius 3 is 2.18 bits per heavy atom. The van der Waals surface area contributed by atoms with E-state index in [0.717, 1.165) is 5.75 Å². The fourth-order valence-electron chi connectivity index (χ4n) is 3.99. The number of fused-ring (bicyclic) bond motifs is 2. The van der Waals surface area contributed by atoms with E-state index in [0.29, 0.717) is 39.6 Å². The van der Waals surface area contributed by atoms with E-state index in [9.17, 15) is 0 Å². The van der Waals surface area contributed by atoms with Gasteiger partial charge in [0.15, 0.2) is 15.9 Å². The monoisotopic (exact) mass is 467 g/mol. The average molecular weight is 468 g/mol. The lowest BCUT2D eigenvalue weighted by Gasteiger charge is -2.26. The molecule has 1 heterocycles. The quantitative estimate of drug-likeness (QED) is 0.532. The largest absolute Gasteiger partial charge is 0.486 e. The van der Waals surface area contributed by atoms with E-state index in [-0.39, 0.29) is 27.7 Å². The normalized spacial score (nSPS) is 24.6. The highest BCUT2D eigenvalue weighted by molar-refractivity contribution is 7.98. The Hall–Kier alpha value is -2.05. The Morgan fingerprint density at radius 2 is 1.42 bits per heavy atom. The first-order valence-corrected chi connectivity index (χ1v) is 13.0. The number of hydrogen-bond acceptors (Lipinski definition) is 4. The zero-order chi connectivity index (χ0) is 23.1. The van der Waals surface area contributed by atoms with Crippen LogP contribution in [0.4, 0.5) is 0 Å². The second kappa shape index (κ2) is 11.4. The van der Waals surface area contributed by atoms with E-state index in [1.807, 2.05) is 6.07 Å². The number of para-hydroxylation sites is 1. The van der Waals surface area contributed by atoms with Crippen molar-refractivity contribution in [3.8, 4) is 5.75 Å². The second-order valence-corrected chi connectivity index (χ2v) is 11.3. The van der Waals surface area contributed by atoms with E-state index >= 15 is 0 Å². The van der Waals surface area contributed by atoms with Crippen molar-refractivity contribution in [1.82, 2.24) is 0 Å². The Morgan fingerprint density at radius 1 is 0.758 bits per heavy atom. The van der Waals surface area contributed by atoms with Crippen LogP contribution in [0.15, 0.2) is 82.6 Å². The Balaban J connectivity index is 1.75. The summed E-state index contributed by atoms with van der Waals surface area (Å²) < 4.78 is 23.9. The van der Waals surface area contributed by atoms with Crippen molar-refractivity contribution in [1.29, 1.82) is 0 Å². The molecule has 176 valence electrons. The molecule has 1 aliphatic carbocycles. The molecule has 4 nitrogen and oxygen atoms in total. The molecule has 2 aliphatic rings. The molecule has 0 N–H and O–H groups in total. The summed E-state index contributed by atoms with van der Waals surface area (Å²) in [4.78, 5) is 2.49. The van der Waals surface area contributed by atoms with Gasteiger partial charge in [0, 0.05) is 0 Å². The van der Waals surface area contributed by atoms with Gasteiger partial charge in [-0.3, -0.25) is 0 Å². The summed E-state index contributed by atoms with van der Waals surface area (Å²) >= 11 is 0. The molecule has 4 rings (SSSR count). The minimum atomic E-state index is -0.279. The van der Waals surface area contributed by atoms with E-state index < -0.39 is 0 Å². The van der Waals surface area contributed by atoms with Gasteiger partial charge in [0.25, 0.3) is 0 Å². The van der Waals surface area contributed by atoms with Gasteiger partial charge in [-0.1, -0.05) is 63.3 Å². The molecule has 0 fully saturated rings. The minimum absolute atomic E-state index is 0.0290. The Kier molecular flexibility index (Phi) is 8.31. The summed E-state index contributed by atoms with van der Waals surface area (Å²) in [5.74, 6) is 0.914. The van der Waals surface area contributed by atoms with Gasteiger partial charge < -0.3 is 18.9 Å². The molecule has 2 aromatic rings. The molecular formula is C28H35O4S+. The molecule has 0 bridgehead atoms. The molecule has 0 amide bonds. The molecule has 2 aromatic carbocycles. The van der Waals surface area contributed by atoms with E-state index in [4.69, 9.17) is 18.9 Å². The van der Waals surface area contributed by atoms with Gasteiger partial charge in [-0.2, -0.15) is 0 Å². The lowest BCUT2D eigenvalue weighted by atomic mass is 9.87. The lowest BCUT2D eigenvalue weighted by molar-refractivity contribution is -0.00112. The first-order chi connectivity index (χ1) is 16.0. The first kappa shape index (κ1) is 24.1. The van der Waals surface area contributed by atoms with Crippen molar-refractivity contribution in [2.45, 2.75) is 47.3 Å². The molecule has 0 radical (unpaired) electrons. The van der Waals surface area contributed by atoms with E-state index in [1.165, 1.54) is 15.4 Å². The number of allylic oxidation sites excluding steroid dienone is 2. The number of benzene rings is 2. The fraction of sp³-hybridized carbons (Fsp3) is 0.429. The molecule has 0 saturated heterocycles. The van der Waals surface area contributed by atoms with Crippen molar-refractivity contribution in [3.05, 3.63) is 78.4 Å². The lowest BCUT2D eigenvalue weighted by Crippen LogP contribution is -2.36. The smallest absolute Gasteiger partial charge is 0.203 e. The summed E-state index contributed by atoms with van der Waals surface area (Å²) in [6.07, 6.45) is 8.63. The van der Waals surface area contributed by atoms with Crippen molar-refractivity contribution in [3.63, 3.8) is 0 Å². The molecule has 5 heteroatoms. The van der Waals surface area contributed by atoms with Gasteiger partial charge in [0.2, 0.25) is 4.90 Å². The molecular weight excluding hydrogens is 432 g/mol. The summed E-state index contributed by atoms with van der Waals surface area (Å²) in [7, 11) is -0.279. The third kappa shape index (κ3) is 6.30. The number of rotatable bonds is 1. The zero-order valence-electron chi connectivity index (χ0n) is 19.9. The molecule has 3 atom stereocenters. The van der Waals surface area contributed by atoms with Crippen LogP contribution < -0.4 is 4.74 Å². The van der Waals surface area contributed by atoms with Crippen molar-refractivity contribution in [2.24, 2.45) is 0 Å². The second-order valence-electron chi connectivity index (χ2n) is 9.20. The maximum absolute atomic E-state index is 6.33. The van der Waals surface area contributed by atoms with Crippen molar-refractivity contribution in [2.75, 3.05) is 39.6 Å². The van der Waals surface area contributed by atoms with Gasteiger partial charge in [0.1, 0.15) is 12.7 Å². The van der Waals surface area contributed by atoms with Gasteiger partial charge in [-0.25, -0.2) is 0 Å². The maximum atomic E-state index is 6.33. The minimum Gasteiger partial charge on any atom is -0.486 e. The van der Waals surface area contributed by atoms with E-state index in [1.54, 1.807) is 0 Å². The molecule has 1 aliphatic heterocycles. The van der Waals surface area contributed by atoms with Gasteiger partial charge in [-0.15, -0.1) is 0 Å². The third-order valence-electron chi connectivity index (χ3n) is 5.76. The SMILES string of the molecule is CC(C)(C)c1ccc([S+]2c3ccccc3OCCOCCOCCOC3C=CC=CC32)cc1. The molecule has 33 heavy (non-hydrogen) atoms. The summed E-state index contributed by atoms with van der Waals surface area (Å²) in [6.45, 7) is 10.0. The molecule has 0 saturated carbocycles. The van der Waals surface area contributed by atoms with Crippen LogP contribution >= 0.6 is 0 Å². The van der Waals surface area contributed by atoms with Crippen LogP contribution in [-0.4, -0.2) is 51.0 Å². The van der Waals surface area contributed by atoms with Crippen LogP contribution in [0.25, 0.3) is 0 Å². The summed E-state index contributed by atoms with van der Waals surface area (Å²) in [5.41, 5.74) is 1.45. The molecule has 0 spiro atoms. The standard InChI is InChI=1S/C28H35O4S/c1-28(2,3)22-12-14-23(15-13-22)33-26-10-6-4-8-24(26)31-20-18-29-16-17-30-19-21-32-25-9-5-7-11-27(25)33/h4-15,24,26H,16-21H2,1-3H3/q+1. The molecule has 0 aromatic heterocycles. The van der Waals surface area contributed by atoms with Crippen LogP contribution in [0, 0.1) is 0 Å². The number of ether oxygens (including phenoxy) is 4. The van der Waals surface area contributed by atoms with Crippen LogP contribution in [0.1, 0.15) is 26.3 Å². The highest BCUT2D eigenvalue weighted by Gasteiger charge is 2.42. The van der Waals surface area contributed by atoms with Crippen molar-refractivity contribution >= 4 is 10.9 Å². The highest BCUT2D eigenvalue weighted by atomic mass is 32.2. The fourth-order valence-corrected chi connectivity index (χ4v) is 6.53. The van der Waals surface area contributed by atoms with Gasteiger partial charge in [0.05, 0.1) is 43.9 Å². The number of hydrogen-bond donors (Lipinski definition) is 0. The maximum Gasteiger partial charge on any atom is 0.203 e. The average Bonchev–Trinajstić information content (AvgIpc) is 2.82. The van der Waals surface area contributed by atoms with Crippen molar-refractivity contribution < 1.29 is 18.9 Å². The zero-order valence-corrected chi connectivity index (χ0v) is 20.7. The first-order valence-electron chi connectivity index (χ1n) is 11.7. The summed E-state index contributed by atoms with van der Waals surface area (Å²) in [5, 5.41) is 0.168. The summed E-state index contributed by atoms with van der Waals surface area (Å²) in [6, 6.07) is 17.5. The third-order valence-corrected chi connectivity index (χ3v) is 8.33. The predicted octanol–water partition coefficient (Wildman–Crippen LogP) is 5.33. The van der Waals surface area contributed by atoms with Crippen LogP contribution in [0.3, 0.4) is 0 Å². The predicted molar refractivity (Wildman–Crippen MR) is 134 cm³/mol. The van der Waals surface area contributed by atoms with E-state index in [2.05, 4.69) is 87.5 Å². The van der Waals surface area contributed by atoms with Crippen LogP contribution in [-0.2, 0) is 30.5 Å². The van der Waals surface area contributed by atoms with Gasteiger partial charge >= 0.3 is 0 Å². The Bertz CT molecular complexity index is 945. The topological polar surface area (TPSA) is 36.9 Å². The van der Waals surface area contributed by atoms with Crippen LogP contribution in [0.5, 0.6) is 5.75 Å². The highest BCUT2D eigenvalue weighted by Crippen LogP contribution is 2.38. The van der Waals surface area contributed by atoms with Gasteiger partial charge in [-0.05, 0) is 41.3 Å². The molecule has 3 unspecified atom stereocenters. The van der Waals surface area contributed by atoms with Crippen LogP contribution in [0.2, 0.25) is 0 Å². The Labute approximate surface area is 200 Å².